The van der Waals surface area contributed by atoms with Crippen molar-refractivity contribution < 1.29 is 4.74 Å². The van der Waals surface area contributed by atoms with Crippen LogP contribution >= 0.6 is 27.3 Å². The molecular formula is C16H20BrNOS. The predicted molar refractivity (Wildman–Crippen MR) is 89.3 cm³/mol. The first-order valence-corrected chi connectivity index (χ1v) is 8.61. The van der Waals surface area contributed by atoms with Crippen molar-refractivity contribution in [1.29, 1.82) is 0 Å². The fourth-order valence-electron chi connectivity index (χ4n) is 2.17. The summed E-state index contributed by atoms with van der Waals surface area (Å²) in [7, 11) is 0. The maximum atomic E-state index is 5.83. The van der Waals surface area contributed by atoms with Gasteiger partial charge in [0.15, 0.2) is 0 Å². The molecule has 1 atom stereocenters. The Hall–Kier alpha value is -0.710. The van der Waals surface area contributed by atoms with Crippen molar-refractivity contribution in [2.75, 3.05) is 6.61 Å². The van der Waals surface area contributed by atoms with Crippen molar-refractivity contribution in [1.82, 2.24) is 4.98 Å². The second-order valence-electron chi connectivity index (χ2n) is 4.70. The fraction of sp³-hybridized carbons (Fsp3) is 0.438. The van der Waals surface area contributed by atoms with Gasteiger partial charge in [-0.25, -0.2) is 4.98 Å². The van der Waals surface area contributed by atoms with E-state index in [1.807, 2.05) is 6.92 Å². The smallest absolute Gasteiger partial charge is 0.122 e. The zero-order chi connectivity index (χ0) is 14.5. The number of hydrogen-bond donors (Lipinski definition) is 0. The molecule has 1 aromatic carbocycles. The van der Waals surface area contributed by atoms with Crippen LogP contribution in [0.4, 0.5) is 0 Å². The molecule has 2 rings (SSSR count). The number of nitrogens with zero attached hydrogens (tertiary/aromatic N) is 1. The van der Waals surface area contributed by atoms with E-state index in [9.17, 15) is 0 Å². The largest absolute Gasteiger partial charge is 0.371 e. The summed E-state index contributed by atoms with van der Waals surface area (Å²) in [5.74, 6) is 0. The molecule has 0 aliphatic rings. The normalized spacial score (nSPS) is 12.6. The first-order valence-electron chi connectivity index (χ1n) is 7.00. The van der Waals surface area contributed by atoms with Gasteiger partial charge in [0.05, 0.1) is 5.69 Å². The lowest BCUT2D eigenvalue weighted by atomic mass is 10.1. The van der Waals surface area contributed by atoms with Crippen molar-refractivity contribution in [3.63, 3.8) is 0 Å². The summed E-state index contributed by atoms with van der Waals surface area (Å²) in [6.45, 7) is 7.09. The lowest BCUT2D eigenvalue weighted by Gasteiger charge is -2.12. The van der Waals surface area contributed by atoms with Gasteiger partial charge in [-0.2, -0.15) is 0 Å². The average Bonchev–Trinajstić information content (AvgIpc) is 2.81. The van der Waals surface area contributed by atoms with Crippen LogP contribution in [0, 0.1) is 6.92 Å². The van der Waals surface area contributed by atoms with E-state index in [2.05, 4.69) is 54.0 Å². The molecule has 20 heavy (non-hydrogen) atoms. The number of benzene rings is 1. The molecule has 0 fully saturated rings. The molecule has 2 aromatic rings. The second-order valence-corrected chi connectivity index (χ2v) is 6.85. The summed E-state index contributed by atoms with van der Waals surface area (Å²) in [6, 6.07) is 8.32. The van der Waals surface area contributed by atoms with Crippen LogP contribution in [0.3, 0.4) is 0 Å². The van der Waals surface area contributed by atoms with E-state index >= 15 is 0 Å². The SMILES string of the molecule is CCCC(OCC)c1nc(-c2ccc(Br)cc2)c(C)s1. The monoisotopic (exact) mass is 353 g/mol. The molecule has 0 aliphatic heterocycles. The summed E-state index contributed by atoms with van der Waals surface area (Å²) in [6.07, 6.45) is 2.27. The van der Waals surface area contributed by atoms with Crippen LogP contribution in [0.1, 0.15) is 42.7 Å². The molecule has 0 saturated carbocycles. The van der Waals surface area contributed by atoms with E-state index in [1.165, 1.54) is 10.4 Å². The Labute approximate surface area is 133 Å². The van der Waals surface area contributed by atoms with Gasteiger partial charge in [-0.05, 0) is 32.4 Å². The van der Waals surface area contributed by atoms with Gasteiger partial charge in [0.2, 0.25) is 0 Å². The van der Waals surface area contributed by atoms with E-state index in [-0.39, 0.29) is 6.10 Å². The first-order chi connectivity index (χ1) is 9.65. The van der Waals surface area contributed by atoms with Crippen LogP contribution in [0.5, 0.6) is 0 Å². The molecule has 1 aromatic heterocycles. The third kappa shape index (κ3) is 3.68. The minimum atomic E-state index is 0.137. The van der Waals surface area contributed by atoms with Gasteiger partial charge >= 0.3 is 0 Å². The van der Waals surface area contributed by atoms with Crippen LogP contribution in [-0.4, -0.2) is 11.6 Å². The lowest BCUT2D eigenvalue weighted by molar-refractivity contribution is 0.0555. The van der Waals surface area contributed by atoms with Crippen molar-refractivity contribution in [2.24, 2.45) is 0 Å². The highest BCUT2D eigenvalue weighted by Crippen LogP contribution is 2.34. The second kappa shape index (κ2) is 7.34. The molecule has 2 nitrogen and oxygen atoms in total. The van der Waals surface area contributed by atoms with Gasteiger partial charge in [0.1, 0.15) is 11.1 Å². The van der Waals surface area contributed by atoms with E-state index in [0.717, 1.165) is 34.6 Å². The molecular weight excluding hydrogens is 334 g/mol. The van der Waals surface area contributed by atoms with Crippen molar-refractivity contribution in [3.8, 4) is 11.3 Å². The highest BCUT2D eigenvalue weighted by atomic mass is 79.9. The number of thiazole rings is 1. The maximum Gasteiger partial charge on any atom is 0.122 e. The molecule has 0 N–H and O–H groups in total. The summed E-state index contributed by atoms with van der Waals surface area (Å²) in [5.41, 5.74) is 2.25. The molecule has 0 aliphatic carbocycles. The number of aryl methyl sites for hydroxylation is 1. The van der Waals surface area contributed by atoms with Crippen LogP contribution in [-0.2, 0) is 4.74 Å². The highest BCUT2D eigenvalue weighted by molar-refractivity contribution is 9.10. The fourth-order valence-corrected chi connectivity index (χ4v) is 3.46. The predicted octanol–water partition coefficient (Wildman–Crippen LogP) is 5.76. The number of hydrogen-bond acceptors (Lipinski definition) is 3. The molecule has 0 amide bonds. The number of halogens is 1. The van der Waals surface area contributed by atoms with Crippen molar-refractivity contribution >= 4 is 27.3 Å². The highest BCUT2D eigenvalue weighted by Gasteiger charge is 2.18. The number of ether oxygens (including phenoxy) is 1. The Morgan fingerprint density at radius 1 is 1.25 bits per heavy atom. The molecule has 1 unspecified atom stereocenters. The van der Waals surface area contributed by atoms with Gasteiger partial charge < -0.3 is 4.74 Å². The van der Waals surface area contributed by atoms with Gasteiger partial charge in [-0.1, -0.05) is 41.4 Å². The average molecular weight is 354 g/mol. The van der Waals surface area contributed by atoms with Crippen LogP contribution in [0.25, 0.3) is 11.3 Å². The Balaban J connectivity index is 2.30. The summed E-state index contributed by atoms with van der Waals surface area (Å²) in [5, 5.41) is 1.10. The molecule has 0 bridgehead atoms. The van der Waals surface area contributed by atoms with E-state index < -0.39 is 0 Å². The zero-order valence-electron chi connectivity index (χ0n) is 12.1. The topological polar surface area (TPSA) is 22.1 Å². The van der Waals surface area contributed by atoms with Crippen LogP contribution < -0.4 is 0 Å². The van der Waals surface area contributed by atoms with Gasteiger partial charge in [0, 0.05) is 21.5 Å². The minimum Gasteiger partial charge on any atom is -0.371 e. The van der Waals surface area contributed by atoms with Crippen molar-refractivity contribution in [3.05, 3.63) is 38.6 Å². The Bertz CT molecular complexity index is 544. The van der Waals surface area contributed by atoms with Gasteiger partial charge in [-0.15, -0.1) is 11.3 Å². The standard InChI is InChI=1S/C16H20BrNOS/c1-4-6-14(19-5-2)16-18-15(11(3)20-16)12-7-9-13(17)10-8-12/h7-10,14H,4-6H2,1-3H3. The quantitative estimate of drug-likeness (QED) is 0.658. The molecule has 0 saturated heterocycles. The van der Waals surface area contributed by atoms with Gasteiger partial charge in [0.25, 0.3) is 0 Å². The van der Waals surface area contributed by atoms with E-state index in [4.69, 9.17) is 9.72 Å². The lowest BCUT2D eigenvalue weighted by Crippen LogP contribution is -2.03. The first kappa shape index (κ1) is 15.7. The molecule has 0 spiro atoms. The summed E-state index contributed by atoms with van der Waals surface area (Å²) < 4.78 is 6.92. The molecule has 0 radical (unpaired) electrons. The van der Waals surface area contributed by atoms with E-state index in [1.54, 1.807) is 11.3 Å². The Morgan fingerprint density at radius 2 is 1.95 bits per heavy atom. The van der Waals surface area contributed by atoms with Crippen molar-refractivity contribution in [2.45, 2.75) is 39.7 Å². The maximum absolute atomic E-state index is 5.83. The van der Waals surface area contributed by atoms with Crippen LogP contribution in [0.15, 0.2) is 28.7 Å². The minimum absolute atomic E-state index is 0.137. The molecule has 108 valence electrons. The zero-order valence-corrected chi connectivity index (χ0v) is 14.6. The Morgan fingerprint density at radius 3 is 2.55 bits per heavy atom. The number of aromatic nitrogens is 1. The summed E-state index contributed by atoms with van der Waals surface area (Å²) in [4.78, 5) is 6.08. The van der Waals surface area contributed by atoms with Gasteiger partial charge in [-0.3, -0.25) is 0 Å². The van der Waals surface area contributed by atoms with E-state index in [0.29, 0.717) is 0 Å². The molecule has 1 heterocycles. The Kier molecular flexibility index (Phi) is 5.75. The third-order valence-corrected chi connectivity index (χ3v) is 4.72. The van der Waals surface area contributed by atoms with Crippen LogP contribution in [0.2, 0.25) is 0 Å². The third-order valence-electron chi connectivity index (χ3n) is 3.12. The molecule has 4 heteroatoms. The summed E-state index contributed by atoms with van der Waals surface area (Å²) >= 11 is 5.22. The number of rotatable bonds is 6.